The SMILES string of the molecule is Cn1nccc1S(=O)(=O)NC(C(N)=S)C1CC1. The molecule has 1 aliphatic carbocycles. The van der Waals surface area contributed by atoms with Crippen LogP contribution >= 0.6 is 12.2 Å². The van der Waals surface area contributed by atoms with Crippen molar-refractivity contribution in [3.63, 3.8) is 0 Å². The van der Waals surface area contributed by atoms with Gasteiger partial charge in [-0.3, -0.25) is 4.68 Å². The third-order valence-electron chi connectivity index (χ3n) is 2.73. The Bertz CT molecular complexity index is 533. The highest BCUT2D eigenvalue weighted by Gasteiger charge is 2.36. The van der Waals surface area contributed by atoms with Gasteiger partial charge in [0.25, 0.3) is 10.0 Å². The Morgan fingerprint density at radius 3 is 2.76 bits per heavy atom. The number of rotatable bonds is 5. The molecule has 1 aliphatic rings. The molecule has 1 atom stereocenters. The number of nitrogens with one attached hydrogen (secondary N) is 1. The van der Waals surface area contributed by atoms with Gasteiger partial charge >= 0.3 is 0 Å². The van der Waals surface area contributed by atoms with Crippen LogP contribution < -0.4 is 10.5 Å². The number of aryl methyl sites for hydroxylation is 1. The quantitative estimate of drug-likeness (QED) is 0.723. The maximum Gasteiger partial charge on any atom is 0.258 e. The van der Waals surface area contributed by atoms with Crippen molar-refractivity contribution in [1.82, 2.24) is 14.5 Å². The summed E-state index contributed by atoms with van der Waals surface area (Å²) in [6.45, 7) is 0. The molecular weight excluding hydrogens is 260 g/mol. The summed E-state index contributed by atoms with van der Waals surface area (Å²) >= 11 is 4.89. The second-order valence-corrected chi connectivity index (χ2v) is 6.26. The molecule has 94 valence electrons. The first kappa shape index (κ1) is 12.5. The van der Waals surface area contributed by atoms with Crippen molar-refractivity contribution in [3.05, 3.63) is 12.3 Å². The summed E-state index contributed by atoms with van der Waals surface area (Å²) in [5, 5.41) is 3.94. The summed E-state index contributed by atoms with van der Waals surface area (Å²) in [5.41, 5.74) is 5.56. The van der Waals surface area contributed by atoms with E-state index in [2.05, 4.69) is 9.82 Å². The smallest absolute Gasteiger partial charge is 0.258 e. The second-order valence-electron chi connectivity index (χ2n) is 4.13. The van der Waals surface area contributed by atoms with E-state index in [0.717, 1.165) is 12.8 Å². The molecule has 2 rings (SSSR count). The normalized spacial score (nSPS) is 17.9. The Morgan fingerprint density at radius 1 is 1.71 bits per heavy atom. The third kappa shape index (κ3) is 2.64. The highest BCUT2D eigenvalue weighted by molar-refractivity contribution is 7.89. The third-order valence-corrected chi connectivity index (χ3v) is 4.50. The van der Waals surface area contributed by atoms with E-state index in [1.54, 1.807) is 7.05 Å². The van der Waals surface area contributed by atoms with Crippen molar-refractivity contribution in [3.8, 4) is 0 Å². The fraction of sp³-hybridized carbons (Fsp3) is 0.556. The summed E-state index contributed by atoms with van der Waals surface area (Å²) in [6.07, 6.45) is 3.34. The molecule has 0 bridgehead atoms. The molecule has 0 aliphatic heterocycles. The highest BCUT2D eigenvalue weighted by Crippen LogP contribution is 2.33. The first-order chi connectivity index (χ1) is 7.92. The monoisotopic (exact) mass is 274 g/mol. The summed E-state index contributed by atoms with van der Waals surface area (Å²) in [4.78, 5) is 0.193. The Labute approximate surface area is 105 Å². The van der Waals surface area contributed by atoms with Crippen molar-refractivity contribution >= 4 is 27.2 Å². The van der Waals surface area contributed by atoms with Gasteiger partial charge in [0.15, 0.2) is 5.03 Å². The lowest BCUT2D eigenvalue weighted by molar-refractivity contribution is 0.549. The number of sulfonamides is 1. The highest BCUT2D eigenvalue weighted by atomic mass is 32.2. The van der Waals surface area contributed by atoms with Crippen molar-refractivity contribution in [2.75, 3.05) is 0 Å². The van der Waals surface area contributed by atoms with Gasteiger partial charge in [-0.05, 0) is 24.8 Å². The van der Waals surface area contributed by atoms with E-state index in [1.807, 2.05) is 0 Å². The standard InChI is InChI=1S/C9H14N4O2S2/c1-13-7(4-5-11-13)17(14,15)12-8(9(10)16)6-2-3-6/h4-6,8,12H,2-3H2,1H3,(H2,10,16). The maximum absolute atomic E-state index is 12.1. The molecule has 1 unspecified atom stereocenters. The first-order valence-corrected chi connectivity index (χ1v) is 7.10. The number of hydrogen-bond donors (Lipinski definition) is 2. The lowest BCUT2D eigenvalue weighted by Crippen LogP contribution is -2.45. The van der Waals surface area contributed by atoms with Gasteiger partial charge in [0.05, 0.1) is 17.2 Å². The van der Waals surface area contributed by atoms with E-state index in [4.69, 9.17) is 18.0 Å². The van der Waals surface area contributed by atoms with Gasteiger partial charge in [-0.15, -0.1) is 0 Å². The molecule has 1 aromatic rings. The van der Waals surface area contributed by atoms with Gasteiger partial charge in [-0.25, -0.2) is 8.42 Å². The average molecular weight is 274 g/mol. The summed E-state index contributed by atoms with van der Waals surface area (Å²) in [6, 6.07) is 0.983. The van der Waals surface area contributed by atoms with Crippen LogP contribution in [0.1, 0.15) is 12.8 Å². The number of thiocarbonyl (C=S) groups is 1. The van der Waals surface area contributed by atoms with Gasteiger partial charge in [0.1, 0.15) is 0 Å². The number of nitrogens with zero attached hydrogens (tertiary/aromatic N) is 2. The molecule has 1 heterocycles. The van der Waals surface area contributed by atoms with Crippen molar-refractivity contribution in [2.24, 2.45) is 18.7 Å². The van der Waals surface area contributed by atoms with E-state index < -0.39 is 16.1 Å². The first-order valence-electron chi connectivity index (χ1n) is 5.21. The second kappa shape index (κ2) is 4.35. The van der Waals surface area contributed by atoms with Gasteiger partial charge in [0.2, 0.25) is 0 Å². The van der Waals surface area contributed by atoms with Crippen LogP contribution in [0, 0.1) is 5.92 Å². The zero-order valence-electron chi connectivity index (χ0n) is 9.33. The van der Waals surface area contributed by atoms with Crippen LogP contribution in [0.15, 0.2) is 17.3 Å². The molecular formula is C9H14N4O2S2. The van der Waals surface area contributed by atoms with Crippen molar-refractivity contribution < 1.29 is 8.42 Å². The molecule has 3 N–H and O–H groups in total. The fourth-order valence-electron chi connectivity index (χ4n) is 1.67. The molecule has 6 nitrogen and oxygen atoms in total. The maximum atomic E-state index is 12.1. The average Bonchev–Trinajstić information content (AvgIpc) is 2.97. The van der Waals surface area contributed by atoms with Crippen LogP contribution in [0.5, 0.6) is 0 Å². The summed E-state index contributed by atoms with van der Waals surface area (Å²) < 4.78 is 28.0. The van der Waals surface area contributed by atoms with E-state index in [1.165, 1.54) is 16.9 Å². The zero-order valence-corrected chi connectivity index (χ0v) is 11.0. The van der Waals surface area contributed by atoms with Gasteiger partial charge in [-0.2, -0.15) is 9.82 Å². The van der Waals surface area contributed by atoms with Crippen LogP contribution in [0.3, 0.4) is 0 Å². The minimum atomic E-state index is -3.61. The fourth-order valence-corrected chi connectivity index (χ4v) is 3.40. The zero-order chi connectivity index (χ0) is 12.6. The predicted molar refractivity (Wildman–Crippen MR) is 66.8 cm³/mol. The minimum Gasteiger partial charge on any atom is -0.392 e. The van der Waals surface area contributed by atoms with Crippen LogP contribution in [0.25, 0.3) is 0 Å². The predicted octanol–water partition coefficient (Wildman–Crippen LogP) is -0.237. The minimum absolute atomic E-state index is 0.111. The summed E-state index contributed by atoms with van der Waals surface area (Å²) in [5.74, 6) is 0.232. The van der Waals surface area contributed by atoms with Crippen LogP contribution in [-0.4, -0.2) is 29.2 Å². The Kier molecular flexibility index (Phi) is 3.19. The van der Waals surface area contributed by atoms with Crippen LogP contribution in [0.4, 0.5) is 0 Å². The molecule has 17 heavy (non-hydrogen) atoms. The molecule has 0 amide bonds. The molecule has 1 aromatic heterocycles. The number of aromatic nitrogens is 2. The molecule has 8 heteroatoms. The molecule has 0 spiro atoms. The number of nitrogens with two attached hydrogens (primary N) is 1. The van der Waals surface area contributed by atoms with Gasteiger partial charge in [-0.1, -0.05) is 12.2 Å². The lowest BCUT2D eigenvalue weighted by atomic mass is 10.2. The molecule has 1 saturated carbocycles. The molecule has 1 fully saturated rings. The summed E-state index contributed by atoms with van der Waals surface area (Å²) in [7, 11) is -2.04. The van der Waals surface area contributed by atoms with E-state index in [-0.39, 0.29) is 15.9 Å². The molecule has 0 aromatic carbocycles. The molecule has 0 radical (unpaired) electrons. The Hall–Kier alpha value is -0.990. The van der Waals surface area contributed by atoms with Crippen LogP contribution in [0.2, 0.25) is 0 Å². The lowest BCUT2D eigenvalue weighted by Gasteiger charge is -2.16. The van der Waals surface area contributed by atoms with E-state index in [0.29, 0.717) is 0 Å². The van der Waals surface area contributed by atoms with Crippen molar-refractivity contribution in [1.29, 1.82) is 0 Å². The number of hydrogen-bond acceptors (Lipinski definition) is 4. The largest absolute Gasteiger partial charge is 0.392 e. The topological polar surface area (TPSA) is 90.0 Å². The Morgan fingerprint density at radius 2 is 2.35 bits per heavy atom. The van der Waals surface area contributed by atoms with Gasteiger partial charge < -0.3 is 5.73 Å². The van der Waals surface area contributed by atoms with E-state index >= 15 is 0 Å². The van der Waals surface area contributed by atoms with Crippen molar-refractivity contribution in [2.45, 2.75) is 23.9 Å². The molecule has 0 saturated heterocycles. The Balaban J connectivity index is 2.22. The van der Waals surface area contributed by atoms with Gasteiger partial charge in [0, 0.05) is 7.05 Å². The van der Waals surface area contributed by atoms with E-state index in [9.17, 15) is 8.42 Å². The van der Waals surface area contributed by atoms with Crippen LogP contribution in [-0.2, 0) is 17.1 Å².